The molecule has 0 saturated carbocycles. The summed E-state index contributed by atoms with van der Waals surface area (Å²) in [5, 5.41) is 8.56. The van der Waals surface area contributed by atoms with Gasteiger partial charge in [0.1, 0.15) is 4.90 Å². The lowest BCUT2D eigenvalue weighted by Gasteiger charge is -2.27. The van der Waals surface area contributed by atoms with Gasteiger partial charge in [-0.15, -0.1) is 0 Å². The van der Waals surface area contributed by atoms with Gasteiger partial charge in [-0.25, -0.2) is 8.42 Å². The van der Waals surface area contributed by atoms with E-state index in [0.29, 0.717) is 13.1 Å². The summed E-state index contributed by atoms with van der Waals surface area (Å²) in [6, 6.07) is 1.71. The molecule has 23 heavy (non-hydrogen) atoms. The van der Waals surface area contributed by atoms with Crippen LogP contribution in [0.5, 0.6) is 0 Å². The van der Waals surface area contributed by atoms with E-state index in [9.17, 15) is 8.42 Å². The van der Waals surface area contributed by atoms with Crippen molar-refractivity contribution in [1.82, 2.24) is 23.9 Å². The summed E-state index contributed by atoms with van der Waals surface area (Å²) in [6.07, 6.45) is 8.66. The molecule has 0 aliphatic carbocycles. The van der Waals surface area contributed by atoms with E-state index in [4.69, 9.17) is 0 Å². The lowest BCUT2D eigenvalue weighted by Crippen LogP contribution is -2.35. The SMILES string of the molecule is CCn1cc(S(=O)(=O)N2CCCCC[C@H]2c2ccn(C)n2)cn1. The zero-order valence-electron chi connectivity index (χ0n) is 13.6. The van der Waals surface area contributed by atoms with E-state index in [1.807, 2.05) is 26.2 Å². The number of aryl methyl sites for hydroxylation is 2. The van der Waals surface area contributed by atoms with Crippen molar-refractivity contribution in [1.29, 1.82) is 0 Å². The minimum Gasteiger partial charge on any atom is -0.275 e. The highest BCUT2D eigenvalue weighted by Gasteiger charge is 2.35. The van der Waals surface area contributed by atoms with Gasteiger partial charge in [0.25, 0.3) is 0 Å². The molecule has 0 aromatic carbocycles. The first kappa shape index (κ1) is 16.2. The van der Waals surface area contributed by atoms with Crippen molar-refractivity contribution in [3.05, 3.63) is 30.4 Å². The highest BCUT2D eigenvalue weighted by molar-refractivity contribution is 7.89. The van der Waals surface area contributed by atoms with E-state index in [2.05, 4.69) is 10.2 Å². The summed E-state index contributed by atoms with van der Waals surface area (Å²) in [7, 11) is -1.71. The van der Waals surface area contributed by atoms with Gasteiger partial charge in [0.2, 0.25) is 10.0 Å². The zero-order chi connectivity index (χ0) is 16.4. The molecule has 0 amide bonds. The van der Waals surface area contributed by atoms with E-state index < -0.39 is 10.0 Å². The van der Waals surface area contributed by atoms with Gasteiger partial charge in [-0.1, -0.05) is 12.8 Å². The van der Waals surface area contributed by atoms with E-state index >= 15 is 0 Å². The summed E-state index contributed by atoms with van der Waals surface area (Å²) in [5.74, 6) is 0. The van der Waals surface area contributed by atoms with Crippen molar-refractivity contribution in [2.24, 2.45) is 7.05 Å². The van der Waals surface area contributed by atoms with Gasteiger partial charge in [0.15, 0.2) is 0 Å². The zero-order valence-corrected chi connectivity index (χ0v) is 14.4. The van der Waals surface area contributed by atoms with Crippen LogP contribution in [0.4, 0.5) is 0 Å². The van der Waals surface area contributed by atoms with Gasteiger partial charge in [-0.2, -0.15) is 14.5 Å². The van der Waals surface area contributed by atoms with Gasteiger partial charge in [-0.05, 0) is 25.8 Å². The number of aromatic nitrogens is 4. The van der Waals surface area contributed by atoms with Gasteiger partial charge in [0.05, 0.1) is 17.9 Å². The molecule has 8 heteroatoms. The van der Waals surface area contributed by atoms with E-state index in [1.54, 1.807) is 19.9 Å². The van der Waals surface area contributed by atoms with Crippen LogP contribution >= 0.6 is 0 Å². The standard InChI is InChI=1S/C15H23N5O2S/c1-3-19-12-13(11-16-19)23(21,22)20-9-6-4-5-7-15(20)14-8-10-18(2)17-14/h8,10-12,15H,3-7,9H2,1-2H3/t15-/m0/s1. The molecule has 1 atom stereocenters. The molecular weight excluding hydrogens is 314 g/mol. The molecule has 3 rings (SSSR count). The lowest BCUT2D eigenvalue weighted by molar-refractivity contribution is 0.321. The van der Waals surface area contributed by atoms with E-state index in [1.165, 1.54) is 6.20 Å². The molecule has 0 N–H and O–H groups in total. The van der Waals surface area contributed by atoms with Crippen molar-refractivity contribution >= 4 is 10.0 Å². The minimum absolute atomic E-state index is 0.200. The number of rotatable bonds is 4. The molecule has 0 bridgehead atoms. The van der Waals surface area contributed by atoms with Crippen LogP contribution in [0, 0.1) is 0 Å². The molecule has 7 nitrogen and oxygen atoms in total. The minimum atomic E-state index is -3.56. The molecule has 0 spiro atoms. The third kappa shape index (κ3) is 3.18. The van der Waals surface area contributed by atoms with Crippen molar-refractivity contribution in [3.63, 3.8) is 0 Å². The number of hydrogen-bond donors (Lipinski definition) is 0. The topological polar surface area (TPSA) is 73.0 Å². The maximum absolute atomic E-state index is 13.1. The Morgan fingerprint density at radius 1 is 1.30 bits per heavy atom. The second-order valence-electron chi connectivity index (χ2n) is 5.93. The smallest absolute Gasteiger partial charge is 0.246 e. The van der Waals surface area contributed by atoms with Crippen LogP contribution in [0.3, 0.4) is 0 Å². The first-order valence-electron chi connectivity index (χ1n) is 8.06. The molecule has 1 aliphatic rings. The first-order valence-corrected chi connectivity index (χ1v) is 9.50. The second kappa shape index (κ2) is 6.45. The maximum atomic E-state index is 13.1. The van der Waals surface area contributed by atoms with Crippen LogP contribution < -0.4 is 0 Å². The molecule has 1 aliphatic heterocycles. The van der Waals surface area contributed by atoms with E-state index in [0.717, 1.165) is 31.4 Å². The quantitative estimate of drug-likeness (QED) is 0.855. The van der Waals surface area contributed by atoms with Crippen molar-refractivity contribution in [3.8, 4) is 0 Å². The van der Waals surface area contributed by atoms with Crippen molar-refractivity contribution < 1.29 is 8.42 Å². The Morgan fingerprint density at radius 3 is 2.78 bits per heavy atom. The molecule has 2 aromatic rings. The van der Waals surface area contributed by atoms with Crippen molar-refractivity contribution in [2.75, 3.05) is 6.54 Å². The first-order chi connectivity index (χ1) is 11.0. The van der Waals surface area contributed by atoms with Gasteiger partial charge < -0.3 is 0 Å². The molecule has 0 unspecified atom stereocenters. The largest absolute Gasteiger partial charge is 0.275 e. The van der Waals surface area contributed by atoms with Crippen molar-refractivity contribution in [2.45, 2.75) is 50.1 Å². The summed E-state index contributed by atoms with van der Waals surface area (Å²) in [4.78, 5) is 0.266. The van der Waals surface area contributed by atoms with Gasteiger partial charge in [-0.3, -0.25) is 9.36 Å². The van der Waals surface area contributed by atoms with Gasteiger partial charge in [0, 0.05) is 32.5 Å². The Labute approximate surface area is 137 Å². The normalized spacial score (nSPS) is 20.5. The molecular formula is C15H23N5O2S. The molecule has 1 fully saturated rings. The molecule has 3 heterocycles. The predicted molar refractivity (Wildman–Crippen MR) is 86.2 cm³/mol. The lowest BCUT2D eigenvalue weighted by atomic mass is 10.1. The van der Waals surface area contributed by atoms with Crippen LogP contribution in [0.1, 0.15) is 44.3 Å². The average Bonchev–Trinajstić information content (AvgIpc) is 3.10. The fourth-order valence-corrected chi connectivity index (χ4v) is 4.69. The summed E-state index contributed by atoms with van der Waals surface area (Å²) < 4.78 is 31.2. The summed E-state index contributed by atoms with van der Waals surface area (Å²) in [5.41, 5.74) is 0.820. The number of hydrogen-bond acceptors (Lipinski definition) is 4. The number of sulfonamides is 1. The molecule has 2 aromatic heterocycles. The molecule has 126 valence electrons. The van der Waals surface area contributed by atoms with Gasteiger partial charge >= 0.3 is 0 Å². The Hall–Kier alpha value is -1.67. The highest BCUT2D eigenvalue weighted by Crippen LogP contribution is 2.33. The van der Waals surface area contributed by atoms with Crippen LogP contribution in [0.15, 0.2) is 29.6 Å². The highest BCUT2D eigenvalue weighted by atomic mass is 32.2. The second-order valence-corrected chi connectivity index (χ2v) is 7.82. The monoisotopic (exact) mass is 337 g/mol. The van der Waals surface area contributed by atoms with Crippen LogP contribution in [-0.4, -0.2) is 38.8 Å². The Morgan fingerprint density at radius 2 is 2.13 bits per heavy atom. The predicted octanol–water partition coefficient (Wildman–Crippen LogP) is 1.94. The van der Waals surface area contributed by atoms with Crippen LogP contribution in [0.2, 0.25) is 0 Å². The van der Waals surface area contributed by atoms with Crippen LogP contribution in [0.25, 0.3) is 0 Å². The van der Waals surface area contributed by atoms with Crippen LogP contribution in [-0.2, 0) is 23.6 Å². The fraction of sp³-hybridized carbons (Fsp3) is 0.600. The molecule has 1 saturated heterocycles. The fourth-order valence-electron chi connectivity index (χ4n) is 3.06. The Balaban J connectivity index is 1.98. The van der Waals surface area contributed by atoms with E-state index in [-0.39, 0.29) is 10.9 Å². The third-order valence-corrected chi connectivity index (χ3v) is 6.18. The average molecular weight is 337 g/mol. The number of nitrogens with zero attached hydrogens (tertiary/aromatic N) is 5. The Bertz CT molecular complexity index is 764. The maximum Gasteiger partial charge on any atom is 0.246 e. The third-order valence-electron chi connectivity index (χ3n) is 4.32. The summed E-state index contributed by atoms with van der Waals surface area (Å²) >= 11 is 0. The Kier molecular flexibility index (Phi) is 4.54. The summed E-state index contributed by atoms with van der Waals surface area (Å²) in [6.45, 7) is 3.12. The molecule has 0 radical (unpaired) electrons.